The minimum Gasteiger partial charge on any atom is -0.376 e. The van der Waals surface area contributed by atoms with E-state index in [1.807, 2.05) is 0 Å². The van der Waals surface area contributed by atoms with Crippen LogP contribution in [0.1, 0.15) is 38.5 Å². The number of amides is 3. The number of urea groups is 1. The van der Waals surface area contributed by atoms with Crippen molar-refractivity contribution in [2.75, 3.05) is 31.6 Å². The van der Waals surface area contributed by atoms with Crippen LogP contribution in [0.4, 0.5) is 14.9 Å². The fourth-order valence-corrected chi connectivity index (χ4v) is 3.71. The van der Waals surface area contributed by atoms with Crippen molar-refractivity contribution in [2.45, 2.75) is 44.6 Å². The number of benzene rings is 1. The third kappa shape index (κ3) is 6.20. The van der Waals surface area contributed by atoms with E-state index in [9.17, 15) is 14.0 Å². The van der Waals surface area contributed by atoms with Gasteiger partial charge in [0, 0.05) is 38.3 Å². The van der Waals surface area contributed by atoms with Gasteiger partial charge in [0.25, 0.3) is 0 Å². The van der Waals surface area contributed by atoms with Crippen molar-refractivity contribution in [3.05, 3.63) is 30.1 Å². The lowest BCUT2D eigenvalue weighted by Crippen LogP contribution is -2.42. The number of piperidine rings is 1. The van der Waals surface area contributed by atoms with Crippen molar-refractivity contribution in [2.24, 2.45) is 5.92 Å². The SMILES string of the molecule is O=C(CC[C@H]1CCCN(C(=O)Nc2cccc(F)c2)C1)NC[C@H]1CCCO1. The topological polar surface area (TPSA) is 70.7 Å². The van der Waals surface area contributed by atoms with E-state index in [4.69, 9.17) is 4.74 Å². The first-order chi connectivity index (χ1) is 13.1. The van der Waals surface area contributed by atoms with Gasteiger partial charge in [-0.2, -0.15) is 0 Å². The van der Waals surface area contributed by atoms with Crippen LogP contribution in [0.15, 0.2) is 24.3 Å². The number of rotatable bonds is 6. The summed E-state index contributed by atoms with van der Waals surface area (Å²) in [4.78, 5) is 26.2. The van der Waals surface area contributed by atoms with Gasteiger partial charge < -0.3 is 20.3 Å². The van der Waals surface area contributed by atoms with Gasteiger partial charge in [0.1, 0.15) is 5.82 Å². The number of nitrogens with one attached hydrogen (secondary N) is 2. The number of carbonyl (C=O) groups excluding carboxylic acids is 2. The van der Waals surface area contributed by atoms with Gasteiger partial charge in [-0.25, -0.2) is 9.18 Å². The Morgan fingerprint density at radius 2 is 2.15 bits per heavy atom. The molecule has 0 spiro atoms. The van der Waals surface area contributed by atoms with Gasteiger partial charge in [0.05, 0.1) is 6.10 Å². The second-order valence-electron chi connectivity index (χ2n) is 7.37. The van der Waals surface area contributed by atoms with Crippen molar-refractivity contribution < 1.29 is 18.7 Å². The summed E-state index contributed by atoms with van der Waals surface area (Å²) in [5.41, 5.74) is 0.454. The van der Waals surface area contributed by atoms with Crippen LogP contribution in [0.5, 0.6) is 0 Å². The minimum atomic E-state index is -0.377. The third-order valence-electron chi connectivity index (χ3n) is 5.21. The number of likely N-dealkylation sites (tertiary alicyclic amines) is 1. The Morgan fingerprint density at radius 3 is 2.93 bits per heavy atom. The zero-order valence-electron chi connectivity index (χ0n) is 15.6. The van der Waals surface area contributed by atoms with Crippen LogP contribution < -0.4 is 10.6 Å². The third-order valence-corrected chi connectivity index (χ3v) is 5.21. The van der Waals surface area contributed by atoms with E-state index >= 15 is 0 Å². The standard InChI is InChI=1S/C20H28FN3O3/c21-16-5-1-6-17(12-16)23-20(26)24-10-2-4-15(14-24)8-9-19(25)22-13-18-7-3-11-27-18/h1,5-6,12,15,18H,2-4,7-11,13-14H2,(H,22,25)(H,23,26)/t15-,18-/m1/s1. The lowest BCUT2D eigenvalue weighted by atomic mass is 9.93. The number of hydrogen-bond donors (Lipinski definition) is 2. The summed E-state index contributed by atoms with van der Waals surface area (Å²) in [6, 6.07) is 5.67. The number of halogens is 1. The van der Waals surface area contributed by atoms with Crippen LogP contribution in [0.2, 0.25) is 0 Å². The number of ether oxygens (including phenoxy) is 1. The molecule has 2 atom stereocenters. The zero-order chi connectivity index (χ0) is 19.1. The Morgan fingerprint density at radius 1 is 1.26 bits per heavy atom. The summed E-state index contributed by atoms with van der Waals surface area (Å²) in [6.07, 6.45) is 5.40. The van der Waals surface area contributed by atoms with Crippen molar-refractivity contribution in [3.8, 4) is 0 Å². The maximum absolute atomic E-state index is 13.2. The van der Waals surface area contributed by atoms with Crippen molar-refractivity contribution >= 4 is 17.6 Å². The van der Waals surface area contributed by atoms with Crippen LogP contribution in [-0.2, 0) is 9.53 Å². The molecular weight excluding hydrogens is 349 g/mol. The van der Waals surface area contributed by atoms with Gasteiger partial charge in [-0.05, 0) is 56.2 Å². The van der Waals surface area contributed by atoms with E-state index in [0.29, 0.717) is 37.7 Å². The predicted octanol–water partition coefficient (Wildman–Crippen LogP) is 3.15. The van der Waals surface area contributed by atoms with Crippen LogP contribution in [-0.4, -0.2) is 49.2 Å². The van der Waals surface area contributed by atoms with E-state index < -0.39 is 0 Å². The highest BCUT2D eigenvalue weighted by atomic mass is 19.1. The molecular formula is C20H28FN3O3. The van der Waals surface area contributed by atoms with E-state index in [2.05, 4.69) is 10.6 Å². The molecule has 2 aliphatic heterocycles. The quantitative estimate of drug-likeness (QED) is 0.800. The van der Waals surface area contributed by atoms with E-state index in [0.717, 1.165) is 38.7 Å². The Balaban J connectivity index is 1.39. The Kier molecular flexibility index (Phi) is 7.04. The molecule has 6 nitrogen and oxygen atoms in total. The van der Waals surface area contributed by atoms with Gasteiger partial charge in [-0.15, -0.1) is 0 Å². The molecule has 2 fully saturated rings. The summed E-state index contributed by atoms with van der Waals surface area (Å²) >= 11 is 0. The molecule has 0 bridgehead atoms. The highest BCUT2D eigenvalue weighted by Gasteiger charge is 2.24. The molecule has 2 N–H and O–H groups in total. The molecule has 0 radical (unpaired) electrons. The first kappa shape index (κ1) is 19.6. The smallest absolute Gasteiger partial charge is 0.321 e. The fraction of sp³-hybridized carbons (Fsp3) is 0.600. The molecule has 148 valence electrons. The molecule has 0 aliphatic carbocycles. The molecule has 2 aliphatic rings. The normalized spacial score (nSPS) is 22.5. The van der Waals surface area contributed by atoms with Crippen LogP contribution in [0.25, 0.3) is 0 Å². The second-order valence-corrected chi connectivity index (χ2v) is 7.37. The molecule has 27 heavy (non-hydrogen) atoms. The fourth-order valence-electron chi connectivity index (χ4n) is 3.71. The minimum absolute atomic E-state index is 0.0480. The van der Waals surface area contributed by atoms with Crippen molar-refractivity contribution in [3.63, 3.8) is 0 Å². The van der Waals surface area contributed by atoms with Crippen LogP contribution in [0, 0.1) is 11.7 Å². The van der Waals surface area contributed by atoms with Crippen LogP contribution in [0.3, 0.4) is 0 Å². The van der Waals surface area contributed by atoms with Gasteiger partial charge in [0.15, 0.2) is 0 Å². The highest BCUT2D eigenvalue weighted by Crippen LogP contribution is 2.22. The highest BCUT2D eigenvalue weighted by molar-refractivity contribution is 5.89. The maximum Gasteiger partial charge on any atom is 0.321 e. The molecule has 3 rings (SSSR count). The summed E-state index contributed by atoms with van der Waals surface area (Å²) in [7, 11) is 0. The first-order valence-electron chi connectivity index (χ1n) is 9.80. The predicted molar refractivity (Wildman–Crippen MR) is 101 cm³/mol. The average molecular weight is 377 g/mol. The number of nitrogens with zero attached hydrogens (tertiary/aromatic N) is 1. The summed E-state index contributed by atoms with van der Waals surface area (Å²) in [5, 5.41) is 5.69. The average Bonchev–Trinajstić information content (AvgIpc) is 3.18. The van der Waals surface area contributed by atoms with Gasteiger partial charge >= 0.3 is 6.03 Å². The lowest BCUT2D eigenvalue weighted by molar-refractivity contribution is -0.121. The molecule has 2 saturated heterocycles. The molecule has 1 aromatic carbocycles. The molecule has 2 heterocycles. The van der Waals surface area contributed by atoms with E-state index in [1.165, 1.54) is 12.1 Å². The van der Waals surface area contributed by atoms with E-state index in [-0.39, 0.29) is 23.9 Å². The second kappa shape index (κ2) is 9.69. The summed E-state index contributed by atoms with van der Waals surface area (Å²) in [6.45, 7) is 2.69. The van der Waals surface area contributed by atoms with Gasteiger partial charge in [-0.1, -0.05) is 6.07 Å². The summed E-state index contributed by atoms with van der Waals surface area (Å²) < 4.78 is 18.8. The molecule has 0 unspecified atom stereocenters. The maximum atomic E-state index is 13.2. The van der Waals surface area contributed by atoms with Crippen molar-refractivity contribution in [1.29, 1.82) is 0 Å². The van der Waals surface area contributed by atoms with E-state index in [1.54, 1.807) is 17.0 Å². The largest absolute Gasteiger partial charge is 0.376 e. The zero-order valence-corrected chi connectivity index (χ0v) is 15.6. The van der Waals surface area contributed by atoms with Crippen LogP contribution >= 0.6 is 0 Å². The molecule has 3 amide bonds. The lowest BCUT2D eigenvalue weighted by Gasteiger charge is -2.32. The molecule has 1 aromatic rings. The molecule has 0 aromatic heterocycles. The number of carbonyl (C=O) groups is 2. The van der Waals surface area contributed by atoms with Crippen molar-refractivity contribution in [1.82, 2.24) is 10.2 Å². The first-order valence-corrected chi connectivity index (χ1v) is 9.80. The summed E-state index contributed by atoms with van der Waals surface area (Å²) in [5.74, 6) is -0.0179. The Labute approximate surface area is 159 Å². The number of anilines is 1. The van der Waals surface area contributed by atoms with Gasteiger partial charge in [-0.3, -0.25) is 4.79 Å². The molecule has 0 saturated carbocycles. The monoisotopic (exact) mass is 377 g/mol. The Bertz CT molecular complexity index is 649. The van der Waals surface area contributed by atoms with Gasteiger partial charge in [0.2, 0.25) is 5.91 Å². The molecule has 7 heteroatoms. The Hall–Kier alpha value is -2.15. The number of hydrogen-bond acceptors (Lipinski definition) is 3.